The summed E-state index contributed by atoms with van der Waals surface area (Å²) in [6.07, 6.45) is 1.27. The summed E-state index contributed by atoms with van der Waals surface area (Å²) < 4.78 is 0. The Bertz CT molecular complexity index is 1090. The van der Waals surface area contributed by atoms with Crippen LogP contribution in [0.4, 0.5) is 0 Å². The molecule has 0 fully saturated rings. The van der Waals surface area contributed by atoms with Crippen molar-refractivity contribution in [1.29, 1.82) is 0 Å². The number of H-pyrrole nitrogens is 1. The molecule has 0 radical (unpaired) electrons. The summed E-state index contributed by atoms with van der Waals surface area (Å²) in [5.74, 6) is -4.66. The quantitative estimate of drug-likeness (QED) is 0.164. The highest BCUT2D eigenvalue weighted by atomic mass is 32.1. The minimum absolute atomic E-state index is 0.0231. The molecule has 0 aliphatic carbocycles. The highest BCUT2D eigenvalue weighted by molar-refractivity contribution is 7.80. The molecule has 2 rings (SSSR count). The molecule has 2 aromatic rings. The first-order valence-electron chi connectivity index (χ1n) is 10.8. The van der Waals surface area contributed by atoms with Gasteiger partial charge in [0.25, 0.3) is 0 Å². The number of carboxylic acid groups (broad SMARTS) is 2. The zero-order chi connectivity index (χ0) is 26.1. The number of hydrogen-bond acceptors (Lipinski definition) is 7. The first-order valence-corrected chi connectivity index (χ1v) is 11.4. The van der Waals surface area contributed by atoms with Crippen molar-refractivity contribution in [2.45, 2.75) is 50.4 Å². The normalized spacial score (nSPS) is 14.4. The van der Waals surface area contributed by atoms with E-state index in [9.17, 15) is 29.1 Å². The summed E-state index contributed by atoms with van der Waals surface area (Å²) in [6, 6.07) is 2.71. The number of aromatic amines is 1. The third-order valence-corrected chi connectivity index (χ3v) is 5.65. The Labute approximate surface area is 206 Å². The van der Waals surface area contributed by atoms with Crippen molar-refractivity contribution in [3.8, 4) is 0 Å². The molecule has 12 nitrogen and oxygen atoms in total. The maximum Gasteiger partial charge on any atom is 0.326 e. The number of fused-ring (bicyclic) bond motifs is 1. The molecule has 4 unspecified atom stereocenters. The van der Waals surface area contributed by atoms with Gasteiger partial charge in [0.1, 0.15) is 18.1 Å². The van der Waals surface area contributed by atoms with E-state index in [-0.39, 0.29) is 25.0 Å². The number of aromatic nitrogens is 1. The molecule has 1 aromatic carbocycles. The molecule has 4 atom stereocenters. The number of carboxylic acids is 2. The number of thiol groups is 1. The first kappa shape index (κ1) is 27.7. The van der Waals surface area contributed by atoms with E-state index in [0.29, 0.717) is 5.56 Å². The van der Waals surface area contributed by atoms with Gasteiger partial charge < -0.3 is 36.9 Å². The summed E-state index contributed by atoms with van der Waals surface area (Å²) in [5.41, 5.74) is 7.18. The molecule has 0 saturated heterocycles. The van der Waals surface area contributed by atoms with Crippen molar-refractivity contribution in [2.24, 2.45) is 5.73 Å². The van der Waals surface area contributed by atoms with Crippen molar-refractivity contribution in [3.63, 3.8) is 0 Å². The first-order chi connectivity index (χ1) is 16.5. The highest BCUT2D eigenvalue weighted by Gasteiger charge is 2.28. The third kappa shape index (κ3) is 8.00. The van der Waals surface area contributed by atoms with E-state index in [1.165, 1.54) is 6.92 Å². The molecule has 13 heteroatoms. The zero-order valence-corrected chi connectivity index (χ0v) is 19.9. The van der Waals surface area contributed by atoms with Gasteiger partial charge in [0.05, 0.1) is 6.04 Å². The molecule has 35 heavy (non-hydrogen) atoms. The van der Waals surface area contributed by atoms with Crippen molar-refractivity contribution >= 4 is 53.2 Å². The predicted molar refractivity (Wildman–Crippen MR) is 130 cm³/mol. The Kier molecular flexibility index (Phi) is 10.1. The van der Waals surface area contributed by atoms with Crippen LogP contribution in [0.2, 0.25) is 0 Å². The molecule has 0 saturated carbocycles. The van der Waals surface area contributed by atoms with Crippen molar-refractivity contribution < 1.29 is 34.2 Å². The van der Waals surface area contributed by atoms with Crippen LogP contribution in [0.1, 0.15) is 25.3 Å². The average molecular weight is 508 g/mol. The van der Waals surface area contributed by atoms with Gasteiger partial charge in [-0.1, -0.05) is 18.2 Å². The molecule has 3 amide bonds. The Morgan fingerprint density at radius 1 is 1.00 bits per heavy atom. The Morgan fingerprint density at radius 2 is 1.66 bits per heavy atom. The molecule has 8 N–H and O–H groups in total. The second-order valence-corrected chi connectivity index (χ2v) is 8.34. The number of hydrogen-bond donors (Lipinski definition) is 8. The van der Waals surface area contributed by atoms with Crippen LogP contribution in [-0.2, 0) is 30.4 Å². The lowest BCUT2D eigenvalue weighted by atomic mass is 10.0. The number of nitrogens with one attached hydrogen (secondary N) is 4. The fraction of sp³-hybridized carbons (Fsp3) is 0.409. The van der Waals surface area contributed by atoms with Crippen LogP contribution in [-0.4, -0.2) is 74.8 Å². The van der Waals surface area contributed by atoms with E-state index < -0.39 is 53.8 Å². The number of carbonyl (C=O) groups excluding carboxylic acids is 3. The van der Waals surface area contributed by atoms with E-state index in [1.807, 2.05) is 24.3 Å². The molecular weight excluding hydrogens is 478 g/mol. The Balaban J connectivity index is 1.95. The lowest BCUT2D eigenvalue weighted by Gasteiger charge is -2.22. The van der Waals surface area contributed by atoms with Gasteiger partial charge in [-0.25, -0.2) is 4.79 Å². The van der Waals surface area contributed by atoms with Crippen LogP contribution < -0.4 is 21.7 Å². The summed E-state index contributed by atoms with van der Waals surface area (Å²) in [5, 5.41) is 26.3. The van der Waals surface area contributed by atoms with Gasteiger partial charge in [-0.2, -0.15) is 12.6 Å². The maximum atomic E-state index is 12.6. The van der Waals surface area contributed by atoms with E-state index in [1.54, 1.807) is 6.20 Å². The van der Waals surface area contributed by atoms with E-state index >= 15 is 0 Å². The Hall–Kier alpha value is -3.58. The highest BCUT2D eigenvalue weighted by Crippen LogP contribution is 2.19. The van der Waals surface area contributed by atoms with Gasteiger partial charge in [-0.05, 0) is 25.0 Å². The molecular formula is C22H29N5O7S. The third-order valence-electron chi connectivity index (χ3n) is 5.29. The average Bonchev–Trinajstić information content (AvgIpc) is 3.22. The molecule has 0 aliphatic heterocycles. The number of nitrogens with two attached hydrogens (primary N) is 1. The van der Waals surface area contributed by atoms with Gasteiger partial charge in [-0.15, -0.1) is 0 Å². The van der Waals surface area contributed by atoms with Crippen LogP contribution in [0.5, 0.6) is 0 Å². The fourth-order valence-corrected chi connectivity index (χ4v) is 3.54. The standard InChI is InChI=1S/C22H29N5O7S/c1-11(25-21(32)17(10-35)27-20(31)14(23)6-7-18(28)29)19(30)26-16(22(33)34)8-12-9-24-15-5-3-2-4-13(12)15/h2-5,9,11,14,16-17,24,35H,6-8,10,23H2,1H3,(H,25,32)(H,26,30)(H,27,31)(H,28,29)(H,33,34). The number of rotatable bonds is 13. The lowest BCUT2D eigenvalue weighted by molar-refractivity contribution is -0.142. The van der Waals surface area contributed by atoms with Gasteiger partial charge >= 0.3 is 11.9 Å². The van der Waals surface area contributed by atoms with Crippen LogP contribution >= 0.6 is 12.6 Å². The molecule has 1 aromatic heterocycles. The molecule has 0 spiro atoms. The Morgan fingerprint density at radius 3 is 2.29 bits per heavy atom. The topological polar surface area (TPSA) is 204 Å². The number of aliphatic carboxylic acids is 2. The monoisotopic (exact) mass is 507 g/mol. The van der Waals surface area contributed by atoms with Gasteiger partial charge in [-0.3, -0.25) is 19.2 Å². The SMILES string of the molecule is CC(NC(=O)C(CS)NC(=O)C(N)CCC(=O)O)C(=O)NC(Cc1c[nH]c2ccccc12)C(=O)O. The molecule has 1 heterocycles. The minimum atomic E-state index is -1.24. The van der Waals surface area contributed by atoms with Crippen molar-refractivity contribution in [2.75, 3.05) is 5.75 Å². The van der Waals surface area contributed by atoms with Crippen LogP contribution in [0.3, 0.4) is 0 Å². The molecule has 190 valence electrons. The predicted octanol–water partition coefficient (Wildman–Crippen LogP) is -0.609. The van der Waals surface area contributed by atoms with Gasteiger partial charge in [0.15, 0.2) is 0 Å². The summed E-state index contributed by atoms with van der Waals surface area (Å²) in [7, 11) is 0. The van der Waals surface area contributed by atoms with E-state index in [0.717, 1.165) is 10.9 Å². The summed E-state index contributed by atoms with van der Waals surface area (Å²) in [6.45, 7) is 1.37. The fourth-order valence-electron chi connectivity index (χ4n) is 3.28. The number of para-hydroxylation sites is 1. The largest absolute Gasteiger partial charge is 0.481 e. The smallest absolute Gasteiger partial charge is 0.326 e. The van der Waals surface area contributed by atoms with Crippen molar-refractivity contribution in [3.05, 3.63) is 36.0 Å². The van der Waals surface area contributed by atoms with Crippen LogP contribution in [0.15, 0.2) is 30.5 Å². The van der Waals surface area contributed by atoms with Crippen molar-refractivity contribution in [1.82, 2.24) is 20.9 Å². The summed E-state index contributed by atoms with van der Waals surface area (Å²) in [4.78, 5) is 62.7. The maximum absolute atomic E-state index is 12.6. The van der Waals surface area contributed by atoms with E-state index in [4.69, 9.17) is 10.8 Å². The minimum Gasteiger partial charge on any atom is -0.481 e. The molecule has 0 bridgehead atoms. The second kappa shape index (κ2) is 12.8. The molecule has 0 aliphatic rings. The van der Waals surface area contributed by atoms with E-state index in [2.05, 4.69) is 33.6 Å². The lowest BCUT2D eigenvalue weighted by Crippen LogP contribution is -2.57. The number of benzene rings is 1. The zero-order valence-electron chi connectivity index (χ0n) is 19.0. The van der Waals surface area contributed by atoms with Crippen LogP contribution in [0.25, 0.3) is 10.9 Å². The van der Waals surface area contributed by atoms with Crippen LogP contribution in [0, 0.1) is 0 Å². The summed E-state index contributed by atoms with van der Waals surface area (Å²) >= 11 is 4.03. The van der Waals surface area contributed by atoms with Gasteiger partial charge in [0.2, 0.25) is 17.7 Å². The second-order valence-electron chi connectivity index (χ2n) is 7.98. The van der Waals surface area contributed by atoms with Gasteiger partial charge in [0, 0.05) is 35.7 Å². The number of carbonyl (C=O) groups is 5. The number of amides is 3.